The minimum Gasteiger partial charge on any atom is -0.380 e. The predicted molar refractivity (Wildman–Crippen MR) is 98.7 cm³/mol. The summed E-state index contributed by atoms with van der Waals surface area (Å²) in [6, 6.07) is 2.01. The van der Waals surface area contributed by atoms with Crippen LogP contribution in [0.5, 0.6) is 0 Å². The molecule has 0 amide bonds. The maximum absolute atomic E-state index is 5.50. The lowest BCUT2D eigenvalue weighted by Crippen LogP contribution is -2.33. The van der Waals surface area contributed by atoms with E-state index in [4.69, 9.17) is 9.72 Å². The number of nitrogens with zero attached hydrogens (tertiary/aromatic N) is 5. The van der Waals surface area contributed by atoms with Gasteiger partial charge < -0.3 is 14.2 Å². The molecule has 6 nitrogen and oxygen atoms in total. The molecule has 2 aromatic rings. The van der Waals surface area contributed by atoms with Gasteiger partial charge in [-0.1, -0.05) is 12.8 Å². The maximum atomic E-state index is 5.50. The zero-order valence-corrected chi connectivity index (χ0v) is 15.6. The van der Waals surface area contributed by atoms with Crippen LogP contribution in [-0.4, -0.2) is 39.3 Å². The number of hydrogen-bond acceptors (Lipinski definition) is 5. The second kappa shape index (κ2) is 8.43. The van der Waals surface area contributed by atoms with Crippen molar-refractivity contribution in [1.29, 1.82) is 0 Å². The molecule has 2 heterocycles. The van der Waals surface area contributed by atoms with Crippen LogP contribution in [0.15, 0.2) is 24.8 Å². The molecule has 0 radical (unpaired) electrons. The van der Waals surface area contributed by atoms with Crippen molar-refractivity contribution >= 4 is 5.82 Å². The molecule has 136 valence electrons. The maximum Gasteiger partial charge on any atom is 0.133 e. The summed E-state index contributed by atoms with van der Waals surface area (Å²) >= 11 is 0. The molecule has 0 bridgehead atoms. The van der Waals surface area contributed by atoms with Gasteiger partial charge in [-0.25, -0.2) is 15.0 Å². The van der Waals surface area contributed by atoms with Crippen molar-refractivity contribution in [3.05, 3.63) is 36.3 Å². The zero-order chi connectivity index (χ0) is 17.6. The Labute approximate surface area is 150 Å². The van der Waals surface area contributed by atoms with Crippen LogP contribution >= 0.6 is 0 Å². The molecule has 0 aliphatic heterocycles. The van der Waals surface area contributed by atoms with Gasteiger partial charge >= 0.3 is 0 Å². The van der Waals surface area contributed by atoms with Gasteiger partial charge in [0.1, 0.15) is 11.6 Å². The molecule has 1 aliphatic rings. The topological polar surface area (TPSA) is 56.1 Å². The first kappa shape index (κ1) is 17.9. The molecule has 0 spiro atoms. The summed E-state index contributed by atoms with van der Waals surface area (Å²) in [5.74, 6) is 2.49. The molecular weight excluding hydrogens is 314 g/mol. The lowest BCUT2D eigenvalue weighted by Gasteiger charge is -2.27. The number of rotatable bonds is 8. The van der Waals surface area contributed by atoms with Crippen molar-refractivity contribution in [1.82, 2.24) is 19.5 Å². The van der Waals surface area contributed by atoms with Crippen LogP contribution in [0.25, 0.3) is 0 Å². The Morgan fingerprint density at radius 2 is 2.16 bits per heavy atom. The summed E-state index contributed by atoms with van der Waals surface area (Å²) in [6.45, 7) is 6.69. The molecule has 1 saturated carbocycles. The van der Waals surface area contributed by atoms with E-state index in [-0.39, 0.29) is 6.10 Å². The Hall–Kier alpha value is -1.95. The molecule has 25 heavy (non-hydrogen) atoms. The Morgan fingerprint density at radius 3 is 2.88 bits per heavy atom. The highest BCUT2D eigenvalue weighted by Gasteiger charge is 2.21. The first-order valence-electron chi connectivity index (χ1n) is 9.31. The minimum atomic E-state index is 0.128. The molecule has 0 aromatic carbocycles. The SMILES string of the molecule is CCn1cncc1CN(CC(C)OC)c1ccnc(C2CCCC2)n1. The van der Waals surface area contributed by atoms with Gasteiger partial charge in [0.05, 0.1) is 24.7 Å². The van der Waals surface area contributed by atoms with Crippen LogP contribution in [0.4, 0.5) is 5.82 Å². The molecule has 1 fully saturated rings. The summed E-state index contributed by atoms with van der Waals surface area (Å²) in [5.41, 5.74) is 1.19. The molecule has 1 atom stereocenters. The van der Waals surface area contributed by atoms with Gasteiger partial charge in [0.25, 0.3) is 0 Å². The van der Waals surface area contributed by atoms with Gasteiger partial charge in [0.15, 0.2) is 0 Å². The highest BCUT2D eigenvalue weighted by Crippen LogP contribution is 2.32. The normalized spacial score (nSPS) is 16.3. The fourth-order valence-corrected chi connectivity index (χ4v) is 3.50. The van der Waals surface area contributed by atoms with Crippen LogP contribution in [0.3, 0.4) is 0 Å². The first-order chi connectivity index (χ1) is 12.2. The lowest BCUT2D eigenvalue weighted by molar-refractivity contribution is 0.122. The van der Waals surface area contributed by atoms with E-state index >= 15 is 0 Å². The van der Waals surface area contributed by atoms with E-state index in [0.29, 0.717) is 5.92 Å². The second-order valence-corrected chi connectivity index (χ2v) is 6.85. The molecule has 2 aromatic heterocycles. The largest absolute Gasteiger partial charge is 0.380 e. The fourth-order valence-electron chi connectivity index (χ4n) is 3.50. The average Bonchev–Trinajstić information content (AvgIpc) is 3.32. The average molecular weight is 343 g/mol. The highest BCUT2D eigenvalue weighted by atomic mass is 16.5. The van der Waals surface area contributed by atoms with Crippen LogP contribution < -0.4 is 4.90 Å². The fraction of sp³-hybridized carbons (Fsp3) is 0.632. The van der Waals surface area contributed by atoms with Crippen molar-refractivity contribution in [3.8, 4) is 0 Å². The van der Waals surface area contributed by atoms with Crippen molar-refractivity contribution in [2.24, 2.45) is 0 Å². The Balaban J connectivity index is 1.84. The Bertz CT molecular complexity index is 665. The first-order valence-corrected chi connectivity index (χ1v) is 9.31. The summed E-state index contributed by atoms with van der Waals surface area (Å²) in [4.78, 5) is 16.0. The summed E-state index contributed by atoms with van der Waals surface area (Å²) < 4.78 is 7.67. The molecule has 3 rings (SSSR count). The van der Waals surface area contributed by atoms with Crippen LogP contribution in [0.2, 0.25) is 0 Å². The van der Waals surface area contributed by atoms with Crippen LogP contribution in [-0.2, 0) is 17.8 Å². The van der Waals surface area contributed by atoms with Crippen molar-refractivity contribution in [2.45, 2.75) is 64.6 Å². The van der Waals surface area contributed by atoms with E-state index in [1.807, 2.05) is 24.8 Å². The third-order valence-corrected chi connectivity index (χ3v) is 5.08. The van der Waals surface area contributed by atoms with Gasteiger partial charge in [0, 0.05) is 38.5 Å². The second-order valence-electron chi connectivity index (χ2n) is 6.85. The quantitative estimate of drug-likeness (QED) is 0.735. The molecule has 1 aliphatic carbocycles. The summed E-state index contributed by atoms with van der Waals surface area (Å²) in [6.07, 6.45) is 10.8. The van der Waals surface area contributed by atoms with Gasteiger partial charge in [-0.05, 0) is 32.8 Å². The Kier molecular flexibility index (Phi) is 6.02. The van der Waals surface area contributed by atoms with E-state index in [1.165, 1.54) is 31.4 Å². The molecule has 0 N–H and O–H groups in total. The molecule has 0 saturated heterocycles. The van der Waals surface area contributed by atoms with Gasteiger partial charge in [0.2, 0.25) is 0 Å². The van der Waals surface area contributed by atoms with Crippen molar-refractivity contribution in [3.63, 3.8) is 0 Å². The van der Waals surface area contributed by atoms with Gasteiger partial charge in [-0.2, -0.15) is 0 Å². The number of anilines is 1. The standard InChI is InChI=1S/C19H29N5O/c1-4-23-14-20-11-17(23)13-24(12-15(2)25-3)18-9-10-21-19(22-18)16-7-5-6-8-16/h9-11,14-16H,4-8,12-13H2,1-3H3. The number of ether oxygens (including phenoxy) is 1. The highest BCUT2D eigenvalue weighted by molar-refractivity contribution is 5.38. The van der Waals surface area contributed by atoms with Crippen LogP contribution in [0, 0.1) is 0 Å². The molecule has 1 unspecified atom stereocenters. The number of aromatic nitrogens is 4. The third kappa shape index (κ3) is 4.37. The number of hydrogen-bond donors (Lipinski definition) is 0. The summed E-state index contributed by atoms with van der Waals surface area (Å²) in [7, 11) is 1.75. The monoisotopic (exact) mass is 343 g/mol. The van der Waals surface area contributed by atoms with Crippen molar-refractivity contribution in [2.75, 3.05) is 18.6 Å². The molecular formula is C19H29N5O. The third-order valence-electron chi connectivity index (χ3n) is 5.08. The van der Waals surface area contributed by atoms with E-state index in [2.05, 4.69) is 33.3 Å². The van der Waals surface area contributed by atoms with Crippen LogP contribution in [0.1, 0.15) is 57.0 Å². The summed E-state index contributed by atoms with van der Waals surface area (Å²) in [5, 5.41) is 0. The van der Waals surface area contributed by atoms with E-state index in [9.17, 15) is 0 Å². The number of aryl methyl sites for hydroxylation is 1. The number of methoxy groups -OCH3 is 1. The van der Waals surface area contributed by atoms with Gasteiger partial charge in [-0.15, -0.1) is 0 Å². The van der Waals surface area contributed by atoms with E-state index < -0.39 is 0 Å². The van der Waals surface area contributed by atoms with Crippen molar-refractivity contribution < 1.29 is 4.74 Å². The predicted octanol–water partition coefficient (Wildman–Crippen LogP) is 3.39. The zero-order valence-electron chi connectivity index (χ0n) is 15.6. The lowest BCUT2D eigenvalue weighted by atomic mass is 10.1. The van der Waals surface area contributed by atoms with Gasteiger partial charge in [-0.3, -0.25) is 0 Å². The van der Waals surface area contributed by atoms with E-state index in [0.717, 1.165) is 31.3 Å². The minimum absolute atomic E-state index is 0.128. The molecule has 6 heteroatoms. The van der Waals surface area contributed by atoms with E-state index in [1.54, 1.807) is 7.11 Å². The number of imidazole rings is 1. The smallest absolute Gasteiger partial charge is 0.133 e. The Morgan fingerprint density at radius 1 is 1.36 bits per heavy atom.